The normalized spacial score (nSPS) is 22.6. The minimum Gasteiger partial charge on any atom is -0.360 e. The van der Waals surface area contributed by atoms with Crippen LogP contribution in [0.4, 0.5) is 0 Å². The lowest BCUT2D eigenvalue weighted by Crippen LogP contribution is -2.50. The Balaban J connectivity index is 2.81. The fourth-order valence-corrected chi connectivity index (χ4v) is 4.42. The van der Waals surface area contributed by atoms with Gasteiger partial charge in [0.05, 0.1) is 28.1 Å². The molecule has 0 aliphatic carbocycles. The van der Waals surface area contributed by atoms with Crippen LogP contribution in [0.2, 0.25) is 0 Å². The monoisotopic (exact) mass is 315 g/mol. The molecule has 4 nitrogen and oxygen atoms in total. The van der Waals surface area contributed by atoms with E-state index in [1.807, 2.05) is 38.5 Å². The van der Waals surface area contributed by atoms with Crippen LogP contribution in [0.3, 0.4) is 0 Å². The number of hydrogen-bond donors (Lipinski definition) is 0. The molecular formula is C16H33N3OS. The molecule has 0 saturated heterocycles. The van der Waals surface area contributed by atoms with E-state index in [1.54, 1.807) is 0 Å². The van der Waals surface area contributed by atoms with Gasteiger partial charge in [0.1, 0.15) is 0 Å². The van der Waals surface area contributed by atoms with Gasteiger partial charge in [0.15, 0.2) is 0 Å². The van der Waals surface area contributed by atoms with E-state index in [0.717, 1.165) is 13.1 Å². The van der Waals surface area contributed by atoms with Crippen molar-refractivity contribution in [2.24, 2.45) is 16.8 Å². The Labute approximate surface area is 133 Å². The van der Waals surface area contributed by atoms with Gasteiger partial charge in [0, 0.05) is 26.2 Å². The van der Waals surface area contributed by atoms with Crippen LogP contribution in [0.5, 0.6) is 0 Å². The van der Waals surface area contributed by atoms with Crippen molar-refractivity contribution in [2.75, 3.05) is 20.1 Å². The number of aliphatic imine (C=N–C) groups is 1. The van der Waals surface area contributed by atoms with Crippen molar-refractivity contribution in [1.29, 1.82) is 0 Å². The van der Waals surface area contributed by atoms with E-state index < -0.39 is 11.0 Å². The number of likely N-dealkylation sites (N-methyl/N-ethyl adjacent to an activating group) is 1. The lowest BCUT2D eigenvalue weighted by atomic mass is 9.97. The van der Waals surface area contributed by atoms with Gasteiger partial charge in [-0.3, -0.25) is 4.99 Å². The van der Waals surface area contributed by atoms with Crippen LogP contribution in [0, 0.1) is 11.8 Å². The molecule has 0 aromatic heterocycles. The molecule has 1 aliphatic heterocycles. The summed E-state index contributed by atoms with van der Waals surface area (Å²) in [5, 5.41) is 0. The highest BCUT2D eigenvalue weighted by Gasteiger charge is 2.37. The number of nitrogens with zero attached hydrogens (tertiary/aromatic N) is 3. The molecule has 1 heterocycles. The second kappa shape index (κ2) is 7.23. The molecule has 1 unspecified atom stereocenters. The Bertz CT molecular complexity index is 387. The SMILES string of the molecule is CC(C)CN1C=NC([C@H](C(C)C)N(C)[S@@](=O)C(C)(C)C)C1. The smallest absolute Gasteiger partial charge is 0.0998 e. The Morgan fingerprint density at radius 1 is 1.33 bits per heavy atom. The van der Waals surface area contributed by atoms with E-state index in [2.05, 4.69) is 32.6 Å². The molecule has 5 heteroatoms. The molecule has 3 atom stereocenters. The first-order valence-electron chi connectivity index (χ1n) is 7.96. The summed E-state index contributed by atoms with van der Waals surface area (Å²) in [4.78, 5) is 6.99. The highest BCUT2D eigenvalue weighted by molar-refractivity contribution is 7.84. The Hall–Kier alpha value is -0.420. The van der Waals surface area contributed by atoms with Gasteiger partial charge in [0.25, 0.3) is 0 Å². The molecule has 0 amide bonds. The van der Waals surface area contributed by atoms with Gasteiger partial charge in [-0.15, -0.1) is 0 Å². The molecule has 0 spiro atoms. The number of rotatable bonds is 6. The van der Waals surface area contributed by atoms with Crippen molar-refractivity contribution in [3.05, 3.63) is 0 Å². The zero-order valence-corrected chi connectivity index (χ0v) is 15.8. The van der Waals surface area contributed by atoms with Crippen molar-refractivity contribution < 1.29 is 4.21 Å². The van der Waals surface area contributed by atoms with E-state index in [1.165, 1.54) is 0 Å². The van der Waals surface area contributed by atoms with E-state index in [-0.39, 0.29) is 16.8 Å². The van der Waals surface area contributed by atoms with Crippen molar-refractivity contribution >= 4 is 17.3 Å². The average molecular weight is 316 g/mol. The molecule has 0 N–H and O–H groups in total. The van der Waals surface area contributed by atoms with Crippen LogP contribution < -0.4 is 0 Å². The third kappa shape index (κ3) is 5.06. The summed E-state index contributed by atoms with van der Waals surface area (Å²) in [6.07, 6.45) is 1.98. The molecule has 0 saturated carbocycles. The van der Waals surface area contributed by atoms with Crippen LogP contribution >= 0.6 is 0 Å². The molecule has 1 rings (SSSR count). The van der Waals surface area contributed by atoms with Gasteiger partial charge in [-0.25, -0.2) is 8.51 Å². The van der Waals surface area contributed by atoms with Crippen molar-refractivity contribution in [2.45, 2.75) is 65.3 Å². The maximum Gasteiger partial charge on any atom is 0.0998 e. The zero-order valence-electron chi connectivity index (χ0n) is 15.0. The molecule has 21 heavy (non-hydrogen) atoms. The predicted octanol–water partition coefficient (Wildman–Crippen LogP) is 2.77. The minimum absolute atomic E-state index is 0.207. The van der Waals surface area contributed by atoms with E-state index in [0.29, 0.717) is 11.8 Å². The van der Waals surface area contributed by atoms with Crippen LogP contribution in [0.1, 0.15) is 48.5 Å². The van der Waals surface area contributed by atoms with Crippen molar-refractivity contribution in [3.63, 3.8) is 0 Å². The molecule has 0 radical (unpaired) electrons. The standard InChI is InChI=1S/C16H33N3OS/c1-12(2)9-19-10-14(17-11-19)15(13(3)4)18(8)21(20)16(5,6)7/h11-15H,9-10H2,1-8H3/t14?,15-,21-/m0/s1. The third-order valence-electron chi connectivity index (χ3n) is 3.73. The molecule has 0 aromatic carbocycles. The highest BCUT2D eigenvalue weighted by Crippen LogP contribution is 2.25. The summed E-state index contributed by atoms with van der Waals surface area (Å²) in [5.41, 5.74) is 0. The van der Waals surface area contributed by atoms with Crippen LogP contribution in [0.25, 0.3) is 0 Å². The summed E-state index contributed by atoms with van der Waals surface area (Å²) >= 11 is 0. The summed E-state index contributed by atoms with van der Waals surface area (Å²) in [6, 6.07) is 0.415. The highest BCUT2D eigenvalue weighted by atomic mass is 32.2. The van der Waals surface area contributed by atoms with Gasteiger partial charge in [-0.1, -0.05) is 27.7 Å². The van der Waals surface area contributed by atoms with Gasteiger partial charge in [-0.05, 0) is 32.6 Å². The van der Waals surface area contributed by atoms with Crippen molar-refractivity contribution in [1.82, 2.24) is 9.21 Å². The van der Waals surface area contributed by atoms with Crippen LogP contribution in [-0.4, -0.2) is 56.7 Å². The molecule has 124 valence electrons. The largest absolute Gasteiger partial charge is 0.360 e. The Kier molecular flexibility index (Phi) is 6.41. The molecule has 1 aliphatic rings. The molecular weight excluding hydrogens is 282 g/mol. The first kappa shape index (κ1) is 18.6. The van der Waals surface area contributed by atoms with Gasteiger partial charge < -0.3 is 4.90 Å². The maximum absolute atomic E-state index is 12.7. The summed E-state index contributed by atoms with van der Waals surface area (Å²) in [7, 11) is 0.969. The topological polar surface area (TPSA) is 35.9 Å². The van der Waals surface area contributed by atoms with Crippen LogP contribution in [0.15, 0.2) is 4.99 Å². The van der Waals surface area contributed by atoms with Gasteiger partial charge >= 0.3 is 0 Å². The Morgan fingerprint density at radius 3 is 2.33 bits per heavy atom. The minimum atomic E-state index is -1.01. The second-order valence-corrected chi connectivity index (χ2v) is 10.1. The summed E-state index contributed by atoms with van der Waals surface area (Å²) < 4.78 is 14.5. The first-order chi connectivity index (χ1) is 9.54. The summed E-state index contributed by atoms with van der Waals surface area (Å²) in [6.45, 7) is 16.9. The molecule has 0 aromatic rings. The lowest BCUT2D eigenvalue weighted by Gasteiger charge is -2.37. The fraction of sp³-hybridized carbons (Fsp3) is 0.938. The Morgan fingerprint density at radius 2 is 1.90 bits per heavy atom. The fourth-order valence-electron chi connectivity index (χ4n) is 2.95. The maximum atomic E-state index is 12.7. The second-order valence-electron chi connectivity index (χ2n) is 7.82. The van der Waals surface area contributed by atoms with E-state index in [4.69, 9.17) is 4.99 Å². The average Bonchev–Trinajstić information content (AvgIpc) is 2.73. The summed E-state index contributed by atoms with van der Waals surface area (Å²) in [5.74, 6) is 1.05. The quantitative estimate of drug-likeness (QED) is 0.755. The van der Waals surface area contributed by atoms with Crippen molar-refractivity contribution in [3.8, 4) is 0 Å². The van der Waals surface area contributed by atoms with E-state index >= 15 is 0 Å². The first-order valence-corrected chi connectivity index (χ1v) is 9.07. The van der Waals surface area contributed by atoms with Crippen LogP contribution in [-0.2, 0) is 11.0 Å². The third-order valence-corrected chi connectivity index (χ3v) is 5.54. The number of hydrogen-bond acceptors (Lipinski definition) is 3. The lowest BCUT2D eigenvalue weighted by molar-refractivity contribution is 0.241. The zero-order chi connectivity index (χ0) is 16.4. The molecule has 0 bridgehead atoms. The predicted molar refractivity (Wildman–Crippen MR) is 93.0 cm³/mol. The van der Waals surface area contributed by atoms with Gasteiger partial charge in [-0.2, -0.15) is 0 Å². The molecule has 0 fully saturated rings. The van der Waals surface area contributed by atoms with E-state index in [9.17, 15) is 4.21 Å². The van der Waals surface area contributed by atoms with Gasteiger partial charge in [0.2, 0.25) is 0 Å².